The predicted octanol–water partition coefficient (Wildman–Crippen LogP) is 3.26. The molecule has 0 aliphatic heterocycles. The first-order valence-electron chi connectivity index (χ1n) is 5.13. The van der Waals surface area contributed by atoms with E-state index in [-0.39, 0.29) is 0 Å². The van der Waals surface area contributed by atoms with Gasteiger partial charge in [-0.15, -0.1) is 0 Å². The molecule has 0 spiro atoms. The standard InChI is InChI=1S/C12H18BrN/c1-3-12(13)9-14-8-11-7-5-4-6-10(11)2/h4-7,12,14H,3,8-9H2,1-2H3. The Morgan fingerprint density at radius 3 is 2.71 bits per heavy atom. The van der Waals surface area contributed by atoms with Crippen LogP contribution in [0.15, 0.2) is 24.3 Å². The van der Waals surface area contributed by atoms with Gasteiger partial charge in [-0.25, -0.2) is 0 Å². The number of benzene rings is 1. The zero-order chi connectivity index (χ0) is 10.4. The summed E-state index contributed by atoms with van der Waals surface area (Å²) in [5.74, 6) is 0. The van der Waals surface area contributed by atoms with Crippen molar-refractivity contribution >= 4 is 15.9 Å². The molecule has 0 aromatic heterocycles. The molecule has 1 aromatic carbocycles. The van der Waals surface area contributed by atoms with Crippen molar-refractivity contribution in [2.75, 3.05) is 6.54 Å². The van der Waals surface area contributed by atoms with Crippen LogP contribution >= 0.6 is 15.9 Å². The Kier molecular flexibility index (Phi) is 5.20. The van der Waals surface area contributed by atoms with Gasteiger partial charge in [0.2, 0.25) is 0 Å². The van der Waals surface area contributed by atoms with Crippen LogP contribution in [0.5, 0.6) is 0 Å². The molecule has 2 heteroatoms. The van der Waals surface area contributed by atoms with Gasteiger partial charge in [-0.2, -0.15) is 0 Å². The molecule has 1 aromatic rings. The molecule has 0 aliphatic rings. The summed E-state index contributed by atoms with van der Waals surface area (Å²) < 4.78 is 0. The van der Waals surface area contributed by atoms with Crippen LogP contribution in [-0.2, 0) is 6.54 Å². The zero-order valence-corrected chi connectivity index (χ0v) is 10.5. The van der Waals surface area contributed by atoms with Gasteiger partial charge in [0.1, 0.15) is 0 Å². The van der Waals surface area contributed by atoms with Gasteiger partial charge in [0, 0.05) is 17.9 Å². The Balaban J connectivity index is 2.35. The highest BCUT2D eigenvalue weighted by Gasteiger charge is 2.00. The Labute approximate surface area is 95.0 Å². The fraction of sp³-hybridized carbons (Fsp3) is 0.500. The minimum Gasteiger partial charge on any atom is -0.312 e. The zero-order valence-electron chi connectivity index (χ0n) is 8.89. The second kappa shape index (κ2) is 6.20. The lowest BCUT2D eigenvalue weighted by Crippen LogP contribution is -2.22. The fourth-order valence-electron chi connectivity index (χ4n) is 1.32. The smallest absolute Gasteiger partial charge is 0.0268 e. The molecule has 78 valence electrons. The normalized spacial score (nSPS) is 12.8. The number of halogens is 1. The first kappa shape index (κ1) is 11.7. The van der Waals surface area contributed by atoms with E-state index in [9.17, 15) is 0 Å². The molecule has 0 aliphatic carbocycles. The van der Waals surface area contributed by atoms with E-state index in [0.717, 1.165) is 13.1 Å². The largest absolute Gasteiger partial charge is 0.312 e. The molecule has 0 saturated carbocycles. The van der Waals surface area contributed by atoms with E-state index in [4.69, 9.17) is 0 Å². The topological polar surface area (TPSA) is 12.0 Å². The quantitative estimate of drug-likeness (QED) is 0.797. The maximum atomic E-state index is 3.61. The molecule has 0 saturated heterocycles. The van der Waals surface area contributed by atoms with Crippen LogP contribution in [0.2, 0.25) is 0 Å². The highest BCUT2D eigenvalue weighted by Crippen LogP contribution is 2.07. The third kappa shape index (κ3) is 3.81. The lowest BCUT2D eigenvalue weighted by molar-refractivity contribution is 0.656. The average Bonchev–Trinajstić information content (AvgIpc) is 2.20. The summed E-state index contributed by atoms with van der Waals surface area (Å²) >= 11 is 3.61. The van der Waals surface area contributed by atoms with Crippen molar-refractivity contribution in [3.8, 4) is 0 Å². The van der Waals surface area contributed by atoms with Gasteiger partial charge in [0.05, 0.1) is 0 Å². The molecule has 1 nitrogen and oxygen atoms in total. The van der Waals surface area contributed by atoms with Crippen molar-refractivity contribution < 1.29 is 0 Å². The third-order valence-corrected chi connectivity index (χ3v) is 3.36. The van der Waals surface area contributed by atoms with Crippen molar-refractivity contribution in [3.05, 3.63) is 35.4 Å². The number of hydrogen-bond donors (Lipinski definition) is 1. The van der Waals surface area contributed by atoms with Crippen LogP contribution in [-0.4, -0.2) is 11.4 Å². The SMILES string of the molecule is CCC(Br)CNCc1ccccc1C. The van der Waals surface area contributed by atoms with Crippen molar-refractivity contribution in [3.63, 3.8) is 0 Å². The predicted molar refractivity (Wildman–Crippen MR) is 65.9 cm³/mol. The van der Waals surface area contributed by atoms with Crippen molar-refractivity contribution in [2.24, 2.45) is 0 Å². The van der Waals surface area contributed by atoms with Gasteiger partial charge >= 0.3 is 0 Å². The van der Waals surface area contributed by atoms with Gasteiger partial charge < -0.3 is 5.32 Å². The van der Waals surface area contributed by atoms with Crippen LogP contribution in [0.1, 0.15) is 24.5 Å². The first-order valence-corrected chi connectivity index (χ1v) is 6.05. The first-order chi connectivity index (χ1) is 6.74. The highest BCUT2D eigenvalue weighted by molar-refractivity contribution is 9.09. The molecule has 0 bridgehead atoms. The molecule has 0 fully saturated rings. The van der Waals surface area contributed by atoms with Crippen molar-refractivity contribution in [1.29, 1.82) is 0 Å². The lowest BCUT2D eigenvalue weighted by Gasteiger charge is -2.10. The summed E-state index contributed by atoms with van der Waals surface area (Å²) in [6.45, 7) is 6.34. The molecular weight excluding hydrogens is 238 g/mol. The van der Waals surface area contributed by atoms with E-state index in [2.05, 4.69) is 59.4 Å². The van der Waals surface area contributed by atoms with Gasteiger partial charge in [-0.05, 0) is 24.5 Å². The van der Waals surface area contributed by atoms with E-state index < -0.39 is 0 Å². The van der Waals surface area contributed by atoms with Crippen LogP contribution in [0, 0.1) is 6.92 Å². The Morgan fingerprint density at radius 2 is 2.07 bits per heavy atom. The molecular formula is C12H18BrN. The molecule has 0 heterocycles. The molecule has 1 N–H and O–H groups in total. The number of hydrogen-bond acceptors (Lipinski definition) is 1. The third-order valence-electron chi connectivity index (χ3n) is 2.39. The Hall–Kier alpha value is -0.340. The summed E-state index contributed by atoms with van der Waals surface area (Å²) in [7, 11) is 0. The summed E-state index contributed by atoms with van der Waals surface area (Å²) in [5.41, 5.74) is 2.76. The lowest BCUT2D eigenvalue weighted by atomic mass is 10.1. The summed E-state index contributed by atoms with van der Waals surface area (Å²) in [5, 5.41) is 3.45. The van der Waals surface area contributed by atoms with Gasteiger partial charge in [-0.1, -0.05) is 47.1 Å². The summed E-state index contributed by atoms with van der Waals surface area (Å²) in [4.78, 5) is 0.589. The maximum Gasteiger partial charge on any atom is 0.0268 e. The Bertz CT molecular complexity index is 273. The number of rotatable bonds is 5. The fourth-order valence-corrected chi connectivity index (χ4v) is 1.55. The van der Waals surface area contributed by atoms with Crippen LogP contribution in [0.4, 0.5) is 0 Å². The molecule has 0 amide bonds. The van der Waals surface area contributed by atoms with E-state index in [1.807, 2.05) is 0 Å². The van der Waals surface area contributed by atoms with E-state index >= 15 is 0 Å². The van der Waals surface area contributed by atoms with Gasteiger partial charge in [0.25, 0.3) is 0 Å². The maximum absolute atomic E-state index is 3.61. The minimum absolute atomic E-state index is 0.589. The number of alkyl halides is 1. The highest BCUT2D eigenvalue weighted by atomic mass is 79.9. The molecule has 1 rings (SSSR count). The Morgan fingerprint density at radius 1 is 1.36 bits per heavy atom. The molecule has 0 radical (unpaired) electrons. The monoisotopic (exact) mass is 255 g/mol. The second-order valence-corrected chi connectivity index (χ2v) is 4.86. The van der Waals surface area contributed by atoms with Crippen molar-refractivity contribution in [2.45, 2.75) is 31.6 Å². The molecule has 1 unspecified atom stereocenters. The van der Waals surface area contributed by atoms with Crippen molar-refractivity contribution in [1.82, 2.24) is 5.32 Å². The van der Waals surface area contributed by atoms with E-state index in [1.165, 1.54) is 17.5 Å². The van der Waals surface area contributed by atoms with E-state index in [1.54, 1.807) is 0 Å². The summed E-state index contributed by atoms with van der Waals surface area (Å²) in [6.07, 6.45) is 1.17. The number of aryl methyl sites for hydroxylation is 1. The van der Waals surface area contributed by atoms with Gasteiger partial charge in [0.15, 0.2) is 0 Å². The average molecular weight is 256 g/mol. The number of nitrogens with one attached hydrogen (secondary N) is 1. The molecule has 14 heavy (non-hydrogen) atoms. The second-order valence-electron chi connectivity index (χ2n) is 3.56. The summed E-state index contributed by atoms with van der Waals surface area (Å²) in [6, 6.07) is 8.51. The minimum atomic E-state index is 0.589. The van der Waals surface area contributed by atoms with Gasteiger partial charge in [-0.3, -0.25) is 0 Å². The van der Waals surface area contributed by atoms with Crippen LogP contribution in [0.25, 0.3) is 0 Å². The van der Waals surface area contributed by atoms with E-state index in [0.29, 0.717) is 4.83 Å². The molecule has 1 atom stereocenters. The van der Waals surface area contributed by atoms with Crippen LogP contribution < -0.4 is 5.32 Å². The van der Waals surface area contributed by atoms with Crippen LogP contribution in [0.3, 0.4) is 0 Å².